The van der Waals surface area contributed by atoms with Crippen LogP contribution >= 0.6 is 0 Å². The van der Waals surface area contributed by atoms with Gasteiger partial charge in [-0.15, -0.1) is 0 Å². The number of aliphatic carboxylic acids is 1. The number of methoxy groups -OCH3 is 3. The van der Waals surface area contributed by atoms with Gasteiger partial charge < -0.3 is 24.1 Å². The fourth-order valence-electron chi connectivity index (χ4n) is 1.74. The van der Waals surface area contributed by atoms with Gasteiger partial charge in [-0.1, -0.05) is 0 Å². The fraction of sp³-hybridized carbons (Fsp3) is 0.462. The smallest absolute Gasteiger partial charge is 0.337 e. The van der Waals surface area contributed by atoms with Crippen LogP contribution < -0.4 is 14.2 Å². The van der Waals surface area contributed by atoms with E-state index >= 15 is 0 Å². The summed E-state index contributed by atoms with van der Waals surface area (Å²) in [6.07, 6.45) is -1.15. The average molecular weight is 270 g/mol. The highest BCUT2D eigenvalue weighted by Gasteiger charge is 2.28. The van der Waals surface area contributed by atoms with Crippen LogP contribution in [0, 0.1) is 0 Å². The maximum atomic E-state index is 11.3. The SMILES string of the molecule is CCOC(C(=O)O)c1c(OC)cc(OC)cc1OC. The van der Waals surface area contributed by atoms with E-state index in [1.165, 1.54) is 21.3 Å². The molecule has 6 heteroatoms. The normalized spacial score (nSPS) is 11.8. The Labute approximate surface area is 111 Å². The first kappa shape index (κ1) is 15.1. The number of hydrogen-bond acceptors (Lipinski definition) is 5. The van der Waals surface area contributed by atoms with Crippen LogP contribution in [0.1, 0.15) is 18.6 Å². The first-order valence-electron chi connectivity index (χ1n) is 5.73. The van der Waals surface area contributed by atoms with Crippen molar-refractivity contribution in [1.29, 1.82) is 0 Å². The first-order chi connectivity index (χ1) is 9.08. The maximum Gasteiger partial charge on any atom is 0.337 e. The van der Waals surface area contributed by atoms with Crippen LogP contribution in [0.2, 0.25) is 0 Å². The molecule has 1 atom stereocenters. The van der Waals surface area contributed by atoms with Gasteiger partial charge in [0, 0.05) is 18.7 Å². The minimum absolute atomic E-state index is 0.259. The lowest BCUT2D eigenvalue weighted by Crippen LogP contribution is -2.17. The summed E-state index contributed by atoms with van der Waals surface area (Å²) in [6.45, 7) is 1.98. The molecule has 0 heterocycles. The van der Waals surface area contributed by atoms with Crippen LogP contribution in [0.4, 0.5) is 0 Å². The Hall–Kier alpha value is -1.95. The second-order valence-electron chi connectivity index (χ2n) is 3.62. The molecule has 0 aliphatic heterocycles. The van der Waals surface area contributed by atoms with Gasteiger partial charge in [0.1, 0.15) is 17.2 Å². The molecule has 0 fully saturated rings. The average Bonchev–Trinajstić information content (AvgIpc) is 2.43. The minimum atomic E-state index is -1.15. The van der Waals surface area contributed by atoms with E-state index in [-0.39, 0.29) is 6.61 Å². The van der Waals surface area contributed by atoms with Crippen molar-refractivity contribution in [3.05, 3.63) is 17.7 Å². The molecule has 19 heavy (non-hydrogen) atoms. The standard InChI is InChI=1S/C13H18O6/c1-5-19-12(13(14)15)11-9(17-3)6-8(16-2)7-10(11)18-4/h6-7,12H,5H2,1-4H3,(H,14,15). The number of hydrogen-bond donors (Lipinski definition) is 1. The van der Waals surface area contributed by atoms with Gasteiger partial charge in [0.15, 0.2) is 6.10 Å². The minimum Gasteiger partial charge on any atom is -0.496 e. The molecule has 106 valence electrons. The van der Waals surface area contributed by atoms with Crippen molar-refractivity contribution in [3.8, 4) is 17.2 Å². The highest BCUT2D eigenvalue weighted by Crippen LogP contribution is 2.39. The van der Waals surface area contributed by atoms with Crippen LogP contribution in [-0.2, 0) is 9.53 Å². The molecule has 0 saturated heterocycles. The number of carbonyl (C=O) groups is 1. The van der Waals surface area contributed by atoms with Gasteiger partial charge in [-0.25, -0.2) is 4.79 Å². The molecule has 0 amide bonds. The summed E-state index contributed by atoms with van der Waals surface area (Å²) < 4.78 is 20.8. The van der Waals surface area contributed by atoms with Crippen molar-refractivity contribution in [2.24, 2.45) is 0 Å². The van der Waals surface area contributed by atoms with E-state index in [0.29, 0.717) is 22.8 Å². The summed E-state index contributed by atoms with van der Waals surface area (Å²) >= 11 is 0. The topological polar surface area (TPSA) is 74.2 Å². The zero-order valence-corrected chi connectivity index (χ0v) is 11.4. The number of carboxylic acid groups (broad SMARTS) is 1. The van der Waals surface area contributed by atoms with Crippen LogP contribution in [0.25, 0.3) is 0 Å². The van der Waals surface area contributed by atoms with Crippen LogP contribution in [-0.4, -0.2) is 39.0 Å². The zero-order valence-electron chi connectivity index (χ0n) is 11.4. The van der Waals surface area contributed by atoms with E-state index in [0.717, 1.165) is 0 Å². The highest BCUT2D eigenvalue weighted by molar-refractivity contribution is 5.77. The Morgan fingerprint density at radius 1 is 1.16 bits per heavy atom. The second kappa shape index (κ2) is 6.84. The molecule has 6 nitrogen and oxygen atoms in total. The molecular weight excluding hydrogens is 252 g/mol. The fourth-order valence-corrected chi connectivity index (χ4v) is 1.74. The molecule has 0 bridgehead atoms. The van der Waals surface area contributed by atoms with E-state index < -0.39 is 12.1 Å². The Bertz CT molecular complexity index is 418. The molecule has 1 aromatic carbocycles. The molecule has 1 aromatic rings. The van der Waals surface area contributed by atoms with Gasteiger partial charge in [-0.05, 0) is 6.92 Å². The van der Waals surface area contributed by atoms with Gasteiger partial charge in [0.2, 0.25) is 0 Å². The van der Waals surface area contributed by atoms with E-state index in [1.54, 1.807) is 19.1 Å². The molecule has 0 aliphatic rings. The van der Waals surface area contributed by atoms with E-state index in [1.807, 2.05) is 0 Å². The molecular formula is C13H18O6. The van der Waals surface area contributed by atoms with Crippen LogP contribution in [0.5, 0.6) is 17.2 Å². The lowest BCUT2D eigenvalue weighted by atomic mass is 10.1. The van der Waals surface area contributed by atoms with Crippen molar-refractivity contribution >= 4 is 5.97 Å². The quantitative estimate of drug-likeness (QED) is 0.815. The number of ether oxygens (including phenoxy) is 4. The monoisotopic (exact) mass is 270 g/mol. The van der Waals surface area contributed by atoms with Crippen molar-refractivity contribution in [2.45, 2.75) is 13.0 Å². The molecule has 0 saturated carbocycles. The van der Waals surface area contributed by atoms with Gasteiger partial charge in [-0.2, -0.15) is 0 Å². The lowest BCUT2D eigenvalue weighted by Gasteiger charge is -2.20. The van der Waals surface area contributed by atoms with Gasteiger partial charge >= 0.3 is 5.97 Å². The van der Waals surface area contributed by atoms with Crippen molar-refractivity contribution in [2.75, 3.05) is 27.9 Å². The highest BCUT2D eigenvalue weighted by atomic mass is 16.5. The molecule has 0 aliphatic carbocycles. The molecule has 0 spiro atoms. The lowest BCUT2D eigenvalue weighted by molar-refractivity contribution is -0.150. The van der Waals surface area contributed by atoms with Crippen molar-refractivity contribution in [3.63, 3.8) is 0 Å². The van der Waals surface area contributed by atoms with Gasteiger partial charge in [0.05, 0.1) is 26.9 Å². The van der Waals surface area contributed by atoms with Crippen molar-refractivity contribution in [1.82, 2.24) is 0 Å². The number of carboxylic acids is 1. The summed E-state index contributed by atoms with van der Waals surface area (Å²) in [5.41, 5.74) is 0.333. The first-order valence-corrected chi connectivity index (χ1v) is 5.73. The van der Waals surface area contributed by atoms with Gasteiger partial charge in [-0.3, -0.25) is 0 Å². The summed E-state index contributed by atoms with van der Waals surface area (Å²) in [5, 5.41) is 9.26. The Kier molecular flexibility index (Phi) is 5.44. The third kappa shape index (κ3) is 3.29. The van der Waals surface area contributed by atoms with E-state index in [4.69, 9.17) is 18.9 Å². The largest absolute Gasteiger partial charge is 0.496 e. The zero-order chi connectivity index (χ0) is 14.4. The Morgan fingerprint density at radius 3 is 2.00 bits per heavy atom. The number of rotatable bonds is 7. The molecule has 1 rings (SSSR count). The van der Waals surface area contributed by atoms with Crippen LogP contribution in [0.3, 0.4) is 0 Å². The summed E-state index contributed by atoms with van der Waals surface area (Å²) in [4.78, 5) is 11.3. The maximum absolute atomic E-state index is 11.3. The molecule has 0 radical (unpaired) electrons. The molecule has 1 N–H and O–H groups in total. The summed E-state index contributed by atoms with van der Waals surface area (Å²) in [5.74, 6) is 0.0933. The summed E-state index contributed by atoms with van der Waals surface area (Å²) in [7, 11) is 4.40. The van der Waals surface area contributed by atoms with Crippen molar-refractivity contribution < 1.29 is 28.8 Å². The molecule has 0 aromatic heterocycles. The van der Waals surface area contributed by atoms with Crippen LogP contribution in [0.15, 0.2) is 12.1 Å². The Balaban J connectivity index is 3.40. The third-order valence-corrected chi connectivity index (χ3v) is 2.57. The summed E-state index contributed by atoms with van der Waals surface area (Å²) in [6, 6.07) is 3.18. The van der Waals surface area contributed by atoms with E-state index in [2.05, 4.69) is 0 Å². The molecule has 1 unspecified atom stereocenters. The van der Waals surface area contributed by atoms with E-state index in [9.17, 15) is 9.90 Å². The Morgan fingerprint density at radius 2 is 1.68 bits per heavy atom. The number of benzene rings is 1. The third-order valence-electron chi connectivity index (χ3n) is 2.57. The predicted octanol–water partition coefficient (Wildman–Crippen LogP) is 1.87. The van der Waals surface area contributed by atoms with Gasteiger partial charge in [0.25, 0.3) is 0 Å². The second-order valence-corrected chi connectivity index (χ2v) is 3.62. The predicted molar refractivity (Wildman–Crippen MR) is 68.1 cm³/mol.